The van der Waals surface area contributed by atoms with Crippen molar-refractivity contribution in [2.75, 3.05) is 32.7 Å². The zero-order chi connectivity index (χ0) is 17.1. The van der Waals surface area contributed by atoms with E-state index in [0.29, 0.717) is 6.54 Å². The summed E-state index contributed by atoms with van der Waals surface area (Å²) in [5.74, 6) is 0.279. The summed E-state index contributed by atoms with van der Waals surface area (Å²) in [7, 11) is 0. The molecule has 2 aromatic rings. The summed E-state index contributed by atoms with van der Waals surface area (Å²) in [6, 6.07) is 8.19. The van der Waals surface area contributed by atoms with Gasteiger partial charge in [0.2, 0.25) is 5.91 Å². The van der Waals surface area contributed by atoms with Crippen LogP contribution in [0.5, 0.6) is 0 Å². The molecule has 2 saturated heterocycles. The first-order valence-electron chi connectivity index (χ1n) is 9.06. The van der Waals surface area contributed by atoms with Crippen molar-refractivity contribution in [3.05, 3.63) is 54.1 Å². The number of aromatic amines is 1. The van der Waals surface area contributed by atoms with Crippen LogP contribution in [0, 0.1) is 0 Å². The average Bonchev–Trinajstić information content (AvgIpc) is 3.28. The second kappa shape index (κ2) is 7.37. The van der Waals surface area contributed by atoms with Gasteiger partial charge in [-0.1, -0.05) is 6.07 Å². The van der Waals surface area contributed by atoms with Gasteiger partial charge in [0.25, 0.3) is 0 Å². The number of H-pyrrole nitrogens is 1. The standard InChI is InChI=1S/C19H25N5O/c25-19-18(5-8-24(19)14-16-3-1-6-20-13-16)23-11-9-22(10-12-23)15-17-4-2-7-21-17/h1-4,6-7,13,18,21H,5,8-12,14-15H2. The third-order valence-corrected chi connectivity index (χ3v) is 5.27. The Labute approximate surface area is 148 Å². The highest BCUT2D eigenvalue weighted by atomic mass is 16.2. The molecule has 1 N–H and O–H groups in total. The van der Waals surface area contributed by atoms with Crippen molar-refractivity contribution >= 4 is 5.91 Å². The van der Waals surface area contributed by atoms with Crippen LogP contribution in [0.2, 0.25) is 0 Å². The topological polar surface area (TPSA) is 55.5 Å². The molecule has 0 bridgehead atoms. The summed E-state index contributed by atoms with van der Waals surface area (Å²) in [5.41, 5.74) is 2.36. The van der Waals surface area contributed by atoms with Crippen molar-refractivity contribution in [1.82, 2.24) is 24.7 Å². The number of amides is 1. The molecule has 4 heterocycles. The number of likely N-dealkylation sites (tertiary alicyclic amines) is 1. The molecule has 1 amide bonds. The number of nitrogens with zero attached hydrogens (tertiary/aromatic N) is 4. The summed E-state index contributed by atoms with van der Waals surface area (Å²) in [6.45, 7) is 6.47. The van der Waals surface area contributed by atoms with Gasteiger partial charge in [-0.25, -0.2) is 0 Å². The number of piperazine rings is 1. The van der Waals surface area contributed by atoms with Gasteiger partial charge in [0.15, 0.2) is 0 Å². The maximum absolute atomic E-state index is 12.8. The Balaban J connectivity index is 1.29. The van der Waals surface area contributed by atoms with Crippen LogP contribution in [0.1, 0.15) is 17.7 Å². The van der Waals surface area contributed by atoms with Crippen molar-refractivity contribution < 1.29 is 4.79 Å². The molecule has 4 rings (SSSR count). The maximum Gasteiger partial charge on any atom is 0.240 e. The van der Waals surface area contributed by atoms with Crippen molar-refractivity contribution in [2.24, 2.45) is 0 Å². The fourth-order valence-electron chi connectivity index (χ4n) is 3.87. The van der Waals surface area contributed by atoms with E-state index in [9.17, 15) is 4.79 Å². The van der Waals surface area contributed by atoms with Crippen molar-refractivity contribution in [1.29, 1.82) is 0 Å². The molecular formula is C19H25N5O. The largest absolute Gasteiger partial charge is 0.364 e. The highest BCUT2D eigenvalue weighted by molar-refractivity contribution is 5.84. The van der Waals surface area contributed by atoms with Crippen LogP contribution >= 0.6 is 0 Å². The van der Waals surface area contributed by atoms with E-state index >= 15 is 0 Å². The molecule has 0 aromatic carbocycles. The van der Waals surface area contributed by atoms with Crippen LogP contribution in [0.25, 0.3) is 0 Å². The Bertz CT molecular complexity index is 679. The highest BCUT2D eigenvalue weighted by Gasteiger charge is 2.36. The number of carbonyl (C=O) groups excluding carboxylic acids is 1. The lowest BCUT2D eigenvalue weighted by atomic mass is 10.1. The monoisotopic (exact) mass is 339 g/mol. The van der Waals surface area contributed by atoms with E-state index in [1.165, 1.54) is 5.69 Å². The Morgan fingerprint density at radius 2 is 1.96 bits per heavy atom. The predicted molar refractivity (Wildman–Crippen MR) is 95.7 cm³/mol. The molecule has 2 aromatic heterocycles. The van der Waals surface area contributed by atoms with Crippen LogP contribution in [0.4, 0.5) is 0 Å². The average molecular weight is 339 g/mol. The lowest BCUT2D eigenvalue weighted by molar-refractivity contribution is -0.133. The van der Waals surface area contributed by atoms with Crippen molar-refractivity contribution in [3.63, 3.8) is 0 Å². The smallest absolute Gasteiger partial charge is 0.240 e. The zero-order valence-electron chi connectivity index (χ0n) is 14.5. The number of hydrogen-bond donors (Lipinski definition) is 1. The van der Waals surface area contributed by atoms with Crippen molar-refractivity contribution in [3.8, 4) is 0 Å². The molecule has 0 saturated carbocycles. The minimum Gasteiger partial charge on any atom is -0.364 e. The van der Waals surface area contributed by atoms with Gasteiger partial charge in [0.1, 0.15) is 0 Å². The SMILES string of the molecule is O=C1C(N2CCN(Cc3ccc[nH]3)CC2)CCN1Cc1cccnc1. The first-order chi connectivity index (χ1) is 12.3. The number of pyridine rings is 1. The summed E-state index contributed by atoms with van der Waals surface area (Å²) in [6.07, 6.45) is 6.53. The molecule has 25 heavy (non-hydrogen) atoms. The summed E-state index contributed by atoms with van der Waals surface area (Å²) in [4.78, 5) is 27.0. The Kier molecular flexibility index (Phi) is 4.81. The van der Waals surface area contributed by atoms with Crippen LogP contribution in [-0.4, -0.2) is 69.3 Å². The van der Waals surface area contributed by atoms with Gasteiger partial charge in [-0.2, -0.15) is 0 Å². The lowest BCUT2D eigenvalue weighted by Crippen LogP contribution is -2.52. The maximum atomic E-state index is 12.8. The van der Waals surface area contributed by atoms with Gasteiger partial charge in [-0.15, -0.1) is 0 Å². The van der Waals surface area contributed by atoms with Gasteiger partial charge in [-0.05, 0) is 30.2 Å². The molecule has 0 aliphatic carbocycles. The molecule has 6 heteroatoms. The van der Waals surface area contributed by atoms with E-state index < -0.39 is 0 Å². The predicted octanol–water partition coefficient (Wildman–Crippen LogP) is 1.33. The van der Waals surface area contributed by atoms with Crippen LogP contribution in [0.3, 0.4) is 0 Å². The first kappa shape index (κ1) is 16.3. The zero-order valence-corrected chi connectivity index (χ0v) is 14.5. The second-order valence-electron chi connectivity index (χ2n) is 6.93. The van der Waals surface area contributed by atoms with E-state index in [1.54, 1.807) is 6.20 Å². The minimum absolute atomic E-state index is 0.0595. The number of rotatable bonds is 5. The minimum atomic E-state index is 0.0595. The molecule has 6 nitrogen and oxygen atoms in total. The van der Waals surface area contributed by atoms with Crippen LogP contribution < -0.4 is 0 Å². The van der Waals surface area contributed by atoms with E-state index in [1.807, 2.05) is 35.5 Å². The molecule has 0 spiro atoms. The van der Waals surface area contributed by atoms with Gasteiger partial charge < -0.3 is 9.88 Å². The molecule has 1 atom stereocenters. The number of nitrogens with one attached hydrogen (secondary N) is 1. The Morgan fingerprint density at radius 3 is 2.68 bits per heavy atom. The Hall–Kier alpha value is -2.18. The van der Waals surface area contributed by atoms with E-state index in [0.717, 1.165) is 51.3 Å². The number of carbonyl (C=O) groups is 1. The van der Waals surface area contributed by atoms with Crippen LogP contribution in [0.15, 0.2) is 42.9 Å². The second-order valence-corrected chi connectivity index (χ2v) is 6.93. The summed E-state index contributed by atoms with van der Waals surface area (Å²) < 4.78 is 0. The fourth-order valence-corrected chi connectivity index (χ4v) is 3.87. The van der Waals surface area contributed by atoms with E-state index in [2.05, 4.69) is 25.8 Å². The molecule has 0 radical (unpaired) electrons. The van der Waals surface area contributed by atoms with Gasteiger partial charge in [-0.3, -0.25) is 19.6 Å². The molecule has 1 unspecified atom stereocenters. The van der Waals surface area contributed by atoms with E-state index in [-0.39, 0.29) is 11.9 Å². The molecule has 132 valence electrons. The summed E-state index contributed by atoms with van der Waals surface area (Å²) >= 11 is 0. The normalized spacial score (nSPS) is 22.6. The molecule has 2 fully saturated rings. The molecular weight excluding hydrogens is 314 g/mol. The van der Waals surface area contributed by atoms with Crippen molar-refractivity contribution in [2.45, 2.75) is 25.6 Å². The first-order valence-corrected chi connectivity index (χ1v) is 9.06. The summed E-state index contributed by atoms with van der Waals surface area (Å²) in [5, 5.41) is 0. The van der Waals surface area contributed by atoms with Crippen LogP contribution in [-0.2, 0) is 17.9 Å². The fraction of sp³-hybridized carbons (Fsp3) is 0.474. The number of aromatic nitrogens is 2. The highest BCUT2D eigenvalue weighted by Crippen LogP contribution is 2.21. The Morgan fingerprint density at radius 1 is 1.08 bits per heavy atom. The number of hydrogen-bond acceptors (Lipinski definition) is 4. The lowest BCUT2D eigenvalue weighted by Gasteiger charge is -2.37. The van der Waals surface area contributed by atoms with Gasteiger partial charge in [0.05, 0.1) is 6.04 Å². The van der Waals surface area contributed by atoms with E-state index in [4.69, 9.17) is 0 Å². The van der Waals surface area contributed by atoms with Gasteiger partial charge in [0, 0.05) is 70.1 Å². The van der Waals surface area contributed by atoms with Gasteiger partial charge >= 0.3 is 0 Å². The molecule has 2 aliphatic heterocycles. The third kappa shape index (κ3) is 3.75. The quantitative estimate of drug-likeness (QED) is 0.893. The molecule has 2 aliphatic rings. The third-order valence-electron chi connectivity index (χ3n) is 5.27.